The predicted molar refractivity (Wildman–Crippen MR) is 122 cm³/mol. The summed E-state index contributed by atoms with van der Waals surface area (Å²) in [6.45, 7) is 0. The van der Waals surface area contributed by atoms with Crippen LogP contribution in [0.25, 0.3) is 0 Å². The molecule has 4 nitrogen and oxygen atoms in total. The van der Waals surface area contributed by atoms with E-state index in [4.69, 9.17) is 17.2 Å². The highest BCUT2D eigenvalue weighted by atomic mass is 14.9. The Balaban J connectivity index is 1.40. The van der Waals surface area contributed by atoms with Gasteiger partial charge in [0.2, 0.25) is 0 Å². The van der Waals surface area contributed by atoms with Crippen molar-refractivity contribution in [1.29, 1.82) is 0 Å². The van der Waals surface area contributed by atoms with Gasteiger partial charge in [-0.2, -0.15) is 0 Å². The third-order valence-corrected chi connectivity index (χ3v) is 5.30. The predicted octanol–water partition coefficient (Wildman–Crippen LogP) is 4.56. The van der Waals surface area contributed by atoms with E-state index in [2.05, 4.69) is 53.8 Å². The van der Waals surface area contributed by atoms with E-state index in [1.165, 1.54) is 11.1 Å². The lowest BCUT2D eigenvalue weighted by Gasteiger charge is -2.28. The minimum Gasteiger partial charge on any atom is -0.399 e. The van der Waals surface area contributed by atoms with Crippen molar-refractivity contribution in [1.82, 2.24) is 0 Å². The van der Waals surface area contributed by atoms with Gasteiger partial charge in [-0.1, -0.05) is 48.6 Å². The summed E-state index contributed by atoms with van der Waals surface area (Å²) in [6, 6.07) is 24.8. The monoisotopic (exact) mass is 382 g/mol. The number of hydrogen-bond acceptors (Lipinski definition) is 4. The van der Waals surface area contributed by atoms with Crippen molar-refractivity contribution < 1.29 is 0 Å². The summed E-state index contributed by atoms with van der Waals surface area (Å²) in [5.74, 6) is 0. The van der Waals surface area contributed by atoms with E-state index in [0.717, 1.165) is 41.2 Å². The molecule has 4 heteroatoms. The lowest BCUT2D eigenvalue weighted by Crippen LogP contribution is -2.35. The summed E-state index contributed by atoms with van der Waals surface area (Å²) >= 11 is 0. The Morgan fingerprint density at radius 1 is 0.759 bits per heavy atom. The summed E-state index contributed by atoms with van der Waals surface area (Å²) in [4.78, 5) is 0. The molecule has 4 rings (SSSR count). The lowest BCUT2D eigenvalue weighted by atomic mass is 9.84. The first-order valence-electron chi connectivity index (χ1n) is 9.75. The molecule has 1 aliphatic carbocycles. The molecule has 0 spiro atoms. The third kappa shape index (κ3) is 4.50. The van der Waals surface area contributed by atoms with E-state index < -0.39 is 5.54 Å². The molecule has 0 aromatic heterocycles. The van der Waals surface area contributed by atoms with Gasteiger partial charge < -0.3 is 22.5 Å². The molecule has 0 radical (unpaired) electrons. The quantitative estimate of drug-likeness (QED) is 0.487. The molecule has 0 amide bonds. The maximum absolute atomic E-state index is 6.53. The molecule has 0 fully saturated rings. The van der Waals surface area contributed by atoms with Crippen molar-refractivity contribution in [3.8, 4) is 0 Å². The van der Waals surface area contributed by atoms with Crippen molar-refractivity contribution in [3.05, 3.63) is 113 Å². The fourth-order valence-corrected chi connectivity index (χ4v) is 3.49. The van der Waals surface area contributed by atoms with Gasteiger partial charge in [0.15, 0.2) is 0 Å². The van der Waals surface area contributed by atoms with Crippen molar-refractivity contribution in [2.75, 3.05) is 11.1 Å². The number of nitrogens with two attached hydrogens (primary N) is 3. The molecule has 3 aromatic rings. The van der Waals surface area contributed by atoms with Crippen molar-refractivity contribution >= 4 is 17.1 Å². The van der Waals surface area contributed by atoms with Crippen LogP contribution < -0.4 is 22.5 Å². The molecule has 0 saturated carbocycles. The van der Waals surface area contributed by atoms with Gasteiger partial charge in [0.25, 0.3) is 0 Å². The Labute approximate surface area is 171 Å². The molecule has 1 unspecified atom stereocenters. The second-order valence-electron chi connectivity index (χ2n) is 7.60. The lowest BCUT2D eigenvalue weighted by molar-refractivity contribution is 0.562. The van der Waals surface area contributed by atoms with Crippen molar-refractivity contribution in [2.24, 2.45) is 11.5 Å². The minimum atomic E-state index is -0.475. The topological polar surface area (TPSA) is 90.1 Å². The third-order valence-electron chi connectivity index (χ3n) is 5.30. The van der Waals surface area contributed by atoms with Crippen molar-refractivity contribution in [2.45, 2.75) is 18.4 Å². The maximum Gasteiger partial charge on any atom is 0.0634 e. The first-order valence-corrected chi connectivity index (χ1v) is 9.75. The molecule has 3 aromatic carbocycles. The number of nitrogens with one attached hydrogen (secondary N) is 1. The molecule has 0 saturated heterocycles. The first-order chi connectivity index (χ1) is 14.0. The molecular weight excluding hydrogens is 356 g/mol. The van der Waals surface area contributed by atoms with Gasteiger partial charge in [0, 0.05) is 22.8 Å². The Morgan fingerprint density at radius 2 is 1.31 bits per heavy atom. The highest BCUT2D eigenvalue weighted by Gasteiger charge is 2.24. The SMILES string of the molecule is NC1=CCC(N)(c2ccc(Cc3ccc(Nc4ccc(N)cc4)cc3)cc2)C=C1. The molecule has 0 bridgehead atoms. The van der Waals surface area contributed by atoms with Crippen LogP contribution in [0.5, 0.6) is 0 Å². The highest BCUT2D eigenvalue weighted by Crippen LogP contribution is 2.28. The molecule has 29 heavy (non-hydrogen) atoms. The van der Waals surface area contributed by atoms with Crippen LogP contribution >= 0.6 is 0 Å². The van der Waals surface area contributed by atoms with Crippen LogP contribution in [0.3, 0.4) is 0 Å². The molecule has 0 heterocycles. The number of allylic oxidation sites excluding steroid dienone is 1. The standard InChI is InChI=1S/C25H26N4/c26-21-7-11-24(12-8-21)29-23-9-3-19(4-10-23)17-18-1-5-20(6-2-18)25(28)15-13-22(27)14-16-25/h1-15,29H,16-17,26-28H2. The highest BCUT2D eigenvalue weighted by molar-refractivity contribution is 5.62. The Bertz CT molecular complexity index is 1030. The van der Waals surface area contributed by atoms with Crippen LogP contribution in [0.15, 0.2) is 96.7 Å². The molecule has 1 aliphatic rings. The van der Waals surface area contributed by atoms with Gasteiger partial charge in [0.1, 0.15) is 0 Å². The largest absolute Gasteiger partial charge is 0.399 e. The molecule has 1 atom stereocenters. The van der Waals surface area contributed by atoms with Gasteiger partial charge in [-0.25, -0.2) is 0 Å². The van der Waals surface area contributed by atoms with Gasteiger partial charge in [0.05, 0.1) is 5.54 Å². The van der Waals surface area contributed by atoms with Crippen LogP contribution in [-0.4, -0.2) is 0 Å². The second-order valence-corrected chi connectivity index (χ2v) is 7.60. The van der Waals surface area contributed by atoms with Gasteiger partial charge >= 0.3 is 0 Å². The van der Waals surface area contributed by atoms with Crippen LogP contribution in [-0.2, 0) is 12.0 Å². The van der Waals surface area contributed by atoms with E-state index >= 15 is 0 Å². The second kappa shape index (κ2) is 7.86. The smallest absolute Gasteiger partial charge is 0.0634 e. The van der Waals surface area contributed by atoms with Gasteiger partial charge in [-0.15, -0.1) is 0 Å². The number of anilines is 3. The molecule has 146 valence electrons. The van der Waals surface area contributed by atoms with Crippen molar-refractivity contribution in [3.63, 3.8) is 0 Å². The van der Waals surface area contributed by atoms with Crippen LogP contribution in [0.2, 0.25) is 0 Å². The van der Waals surface area contributed by atoms with Crippen LogP contribution in [0.4, 0.5) is 17.1 Å². The van der Waals surface area contributed by atoms with E-state index in [1.807, 2.05) is 42.5 Å². The first kappa shape index (κ1) is 18.8. The number of benzene rings is 3. The fraction of sp³-hybridized carbons (Fsp3) is 0.120. The number of nitrogen functional groups attached to an aromatic ring is 1. The summed E-state index contributed by atoms with van der Waals surface area (Å²) < 4.78 is 0. The Hall–Kier alpha value is -3.50. The zero-order valence-electron chi connectivity index (χ0n) is 16.3. The Kier molecular flexibility index (Phi) is 5.10. The summed E-state index contributed by atoms with van der Waals surface area (Å²) in [5.41, 5.74) is 24.8. The Morgan fingerprint density at radius 3 is 1.86 bits per heavy atom. The average molecular weight is 383 g/mol. The summed E-state index contributed by atoms with van der Waals surface area (Å²) in [5, 5.41) is 3.38. The van der Waals surface area contributed by atoms with Crippen LogP contribution in [0.1, 0.15) is 23.1 Å². The molecule has 0 aliphatic heterocycles. The summed E-state index contributed by atoms with van der Waals surface area (Å²) in [6.07, 6.45) is 7.45. The zero-order chi connectivity index (χ0) is 20.3. The summed E-state index contributed by atoms with van der Waals surface area (Å²) in [7, 11) is 0. The normalized spacial score (nSPS) is 18.3. The molecule has 7 N–H and O–H groups in total. The van der Waals surface area contributed by atoms with E-state index in [-0.39, 0.29) is 0 Å². The minimum absolute atomic E-state index is 0.475. The van der Waals surface area contributed by atoms with E-state index in [0.29, 0.717) is 0 Å². The molecular formula is C25H26N4. The number of hydrogen-bond donors (Lipinski definition) is 4. The fourth-order valence-electron chi connectivity index (χ4n) is 3.49. The maximum atomic E-state index is 6.53. The van der Waals surface area contributed by atoms with E-state index in [9.17, 15) is 0 Å². The van der Waals surface area contributed by atoms with Crippen LogP contribution in [0, 0.1) is 0 Å². The number of rotatable bonds is 5. The van der Waals surface area contributed by atoms with Gasteiger partial charge in [-0.3, -0.25) is 0 Å². The average Bonchev–Trinajstić information content (AvgIpc) is 2.74. The van der Waals surface area contributed by atoms with Gasteiger partial charge in [-0.05, 0) is 72.0 Å². The zero-order valence-corrected chi connectivity index (χ0v) is 16.3. The van der Waals surface area contributed by atoms with E-state index in [1.54, 1.807) is 0 Å².